The van der Waals surface area contributed by atoms with Crippen LogP contribution in [0.2, 0.25) is 0 Å². The van der Waals surface area contributed by atoms with Crippen LogP contribution in [0.4, 0.5) is 0 Å². The van der Waals surface area contributed by atoms with E-state index in [0.29, 0.717) is 0 Å². The highest BCUT2D eigenvalue weighted by molar-refractivity contribution is 5.68. The van der Waals surface area contributed by atoms with Crippen molar-refractivity contribution in [3.63, 3.8) is 0 Å². The van der Waals surface area contributed by atoms with Gasteiger partial charge in [-0.2, -0.15) is 0 Å². The summed E-state index contributed by atoms with van der Waals surface area (Å²) in [5.74, 6) is -0.792. The molecule has 1 rings (SSSR count). The first-order valence-corrected chi connectivity index (χ1v) is 5.29. The molecule has 0 saturated carbocycles. The van der Waals surface area contributed by atoms with Crippen molar-refractivity contribution >= 4 is 11.5 Å². The Hall–Kier alpha value is -1.83. The van der Waals surface area contributed by atoms with Gasteiger partial charge in [-0.1, -0.05) is 48.6 Å². The van der Waals surface area contributed by atoms with Crippen LogP contribution in [0.25, 0.3) is 5.57 Å². The summed E-state index contributed by atoms with van der Waals surface area (Å²) in [7, 11) is 0. The second-order valence-electron chi connectivity index (χ2n) is 3.56. The average Bonchev–Trinajstić information content (AvgIpc) is 2.29. The molecule has 0 aromatic heterocycles. The number of carbonyl (C=O) groups is 1. The fourth-order valence-electron chi connectivity index (χ4n) is 1.34. The number of hydrogen-bond donors (Lipinski definition) is 1. The van der Waals surface area contributed by atoms with Gasteiger partial charge in [0.1, 0.15) is 0 Å². The number of allylic oxidation sites excluding steroid dienone is 3. The minimum atomic E-state index is -0.792. The molecule has 2 heteroatoms. The van der Waals surface area contributed by atoms with E-state index in [1.165, 1.54) is 11.1 Å². The van der Waals surface area contributed by atoms with Gasteiger partial charge in [0.15, 0.2) is 0 Å². The van der Waals surface area contributed by atoms with Gasteiger partial charge in [-0.3, -0.25) is 4.79 Å². The van der Waals surface area contributed by atoms with E-state index < -0.39 is 5.97 Å². The third kappa shape index (κ3) is 4.60. The zero-order valence-corrected chi connectivity index (χ0v) is 9.39. The number of carboxylic acids is 1. The van der Waals surface area contributed by atoms with E-state index in [-0.39, 0.29) is 6.42 Å². The molecule has 0 bridgehead atoms. The third-order valence-electron chi connectivity index (χ3n) is 2.25. The van der Waals surface area contributed by atoms with Gasteiger partial charge >= 0.3 is 5.97 Å². The molecule has 0 atom stereocenters. The second-order valence-corrected chi connectivity index (χ2v) is 3.56. The van der Waals surface area contributed by atoms with Crippen molar-refractivity contribution in [2.24, 2.45) is 0 Å². The van der Waals surface area contributed by atoms with E-state index in [4.69, 9.17) is 5.11 Å². The van der Waals surface area contributed by atoms with Crippen molar-refractivity contribution in [2.45, 2.75) is 19.8 Å². The van der Waals surface area contributed by atoms with Crippen LogP contribution < -0.4 is 0 Å². The fraction of sp³-hybridized carbons (Fsp3) is 0.214. The predicted octanol–water partition coefficient (Wildman–Crippen LogP) is 3.51. The van der Waals surface area contributed by atoms with Crippen molar-refractivity contribution in [1.82, 2.24) is 0 Å². The Kier molecular flexibility index (Phi) is 5.06. The van der Waals surface area contributed by atoms with Crippen molar-refractivity contribution in [1.29, 1.82) is 0 Å². The van der Waals surface area contributed by atoms with Gasteiger partial charge in [0, 0.05) is 0 Å². The van der Waals surface area contributed by atoms with Gasteiger partial charge in [0.2, 0.25) is 0 Å². The highest BCUT2D eigenvalue weighted by Gasteiger charge is 1.92. The maximum Gasteiger partial charge on any atom is 0.307 e. The minimum Gasteiger partial charge on any atom is -0.481 e. The molecule has 16 heavy (non-hydrogen) atoms. The molecule has 2 nitrogen and oxygen atoms in total. The molecule has 0 fully saturated rings. The summed E-state index contributed by atoms with van der Waals surface area (Å²) in [4.78, 5) is 10.3. The predicted molar refractivity (Wildman–Crippen MR) is 66.1 cm³/mol. The fourth-order valence-corrected chi connectivity index (χ4v) is 1.34. The first-order valence-electron chi connectivity index (χ1n) is 5.29. The standard InChI is InChI=1S/C14H16O2/c1-12(13-9-5-3-6-10-13)8-4-2-7-11-14(15)16/h2-3,5-10H,4,11H2,1H3,(H,15,16)/b7-2+,12-8+. The highest BCUT2D eigenvalue weighted by Crippen LogP contribution is 2.13. The Labute approximate surface area is 95.9 Å². The molecule has 0 heterocycles. The van der Waals surface area contributed by atoms with E-state index in [2.05, 4.69) is 25.1 Å². The first-order chi connectivity index (χ1) is 7.70. The summed E-state index contributed by atoms with van der Waals surface area (Å²) in [6, 6.07) is 10.1. The highest BCUT2D eigenvalue weighted by atomic mass is 16.4. The monoisotopic (exact) mass is 216 g/mol. The largest absolute Gasteiger partial charge is 0.481 e. The number of rotatable bonds is 5. The maximum atomic E-state index is 10.3. The first kappa shape index (κ1) is 12.2. The van der Waals surface area contributed by atoms with E-state index >= 15 is 0 Å². The van der Waals surface area contributed by atoms with Crippen molar-refractivity contribution < 1.29 is 9.90 Å². The van der Waals surface area contributed by atoms with Crippen LogP contribution in [0, 0.1) is 0 Å². The van der Waals surface area contributed by atoms with E-state index in [9.17, 15) is 4.79 Å². The van der Waals surface area contributed by atoms with Gasteiger partial charge in [0.25, 0.3) is 0 Å². The molecule has 0 spiro atoms. The summed E-state index contributed by atoms with van der Waals surface area (Å²) in [5, 5.41) is 8.43. The van der Waals surface area contributed by atoms with Crippen LogP contribution in [0.15, 0.2) is 48.6 Å². The molecule has 0 aliphatic carbocycles. The zero-order valence-electron chi connectivity index (χ0n) is 9.39. The lowest BCUT2D eigenvalue weighted by Gasteiger charge is -1.99. The SMILES string of the molecule is C/C(=C\C/C=C/CC(=O)O)c1ccccc1. The van der Waals surface area contributed by atoms with Crippen LogP contribution in [0.5, 0.6) is 0 Å². The van der Waals surface area contributed by atoms with E-state index in [0.717, 1.165) is 6.42 Å². The molecule has 0 saturated heterocycles. The normalized spacial score (nSPS) is 11.9. The smallest absolute Gasteiger partial charge is 0.307 e. The van der Waals surface area contributed by atoms with Gasteiger partial charge in [0.05, 0.1) is 6.42 Å². The molecule has 84 valence electrons. The van der Waals surface area contributed by atoms with Crippen molar-refractivity contribution in [3.8, 4) is 0 Å². The molecule has 1 aromatic rings. The molecule has 0 amide bonds. The third-order valence-corrected chi connectivity index (χ3v) is 2.25. The van der Waals surface area contributed by atoms with Gasteiger partial charge in [-0.15, -0.1) is 0 Å². The molecule has 0 unspecified atom stereocenters. The molecular formula is C14H16O2. The van der Waals surface area contributed by atoms with Crippen LogP contribution in [-0.2, 0) is 4.79 Å². The average molecular weight is 216 g/mol. The second kappa shape index (κ2) is 6.62. The zero-order chi connectivity index (χ0) is 11.8. The molecule has 0 aliphatic rings. The maximum absolute atomic E-state index is 10.3. The quantitative estimate of drug-likeness (QED) is 0.765. The molecule has 1 aromatic carbocycles. The molecule has 0 radical (unpaired) electrons. The summed E-state index contributed by atoms with van der Waals surface area (Å²) in [6.45, 7) is 2.06. The lowest BCUT2D eigenvalue weighted by Crippen LogP contribution is -1.89. The summed E-state index contributed by atoms with van der Waals surface area (Å²) >= 11 is 0. The lowest BCUT2D eigenvalue weighted by molar-refractivity contribution is -0.136. The molecule has 1 N–H and O–H groups in total. The molecular weight excluding hydrogens is 200 g/mol. The number of aliphatic carboxylic acids is 1. The summed E-state index contributed by atoms with van der Waals surface area (Å²) < 4.78 is 0. The van der Waals surface area contributed by atoms with Crippen LogP contribution >= 0.6 is 0 Å². The van der Waals surface area contributed by atoms with Gasteiger partial charge in [-0.05, 0) is 24.5 Å². The van der Waals surface area contributed by atoms with E-state index in [1.807, 2.05) is 24.3 Å². The van der Waals surface area contributed by atoms with Crippen LogP contribution in [0.3, 0.4) is 0 Å². The Morgan fingerprint density at radius 2 is 1.94 bits per heavy atom. The van der Waals surface area contributed by atoms with Gasteiger partial charge in [-0.25, -0.2) is 0 Å². The van der Waals surface area contributed by atoms with Crippen LogP contribution in [-0.4, -0.2) is 11.1 Å². The molecule has 0 aliphatic heterocycles. The van der Waals surface area contributed by atoms with Gasteiger partial charge < -0.3 is 5.11 Å². The van der Waals surface area contributed by atoms with E-state index in [1.54, 1.807) is 6.08 Å². The Bertz CT molecular complexity index is 388. The Morgan fingerprint density at radius 1 is 1.25 bits per heavy atom. The topological polar surface area (TPSA) is 37.3 Å². The Balaban J connectivity index is 2.46. The minimum absolute atomic E-state index is 0.0955. The van der Waals surface area contributed by atoms with Crippen molar-refractivity contribution in [2.75, 3.05) is 0 Å². The number of carboxylic acid groups (broad SMARTS) is 1. The number of hydrogen-bond acceptors (Lipinski definition) is 1. The number of benzene rings is 1. The van der Waals surface area contributed by atoms with Crippen LogP contribution in [0.1, 0.15) is 25.3 Å². The summed E-state index contributed by atoms with van der Waals surface area (Å²) in [5.41, 5.74) is 2.41. The lowest BCUT2D eigenvalue weighted by atomic mass is 10.1. The summed E-state index contributed by atoms with van der Waals surface area (Å²) in [6.07, 6.45) is 6.51. The van der Waals surface area contributed by atoms with Crippen molar-refractivity contribution in [3.05, 3.63) is 54.1 Å². The Morgan fingerprint density at radius 3 is 2.56 bits per heavy atom.